The lowest BCUT2D eigenvalue weighted by molar-refractivity contribution is 0.256. The molecule has 0 aliphatic rings. The van der Waals surface area contributed by atoms with Gasteiger partial charge in [0, 0.05) is 23.3 Å². The molecule has 0 aliphatic heterocycles. The highest BCUT2D eigenvalue weighted by Gasteiger charge is 2.19. The number of nitrogens with two attached hydrogens (primary N) is 1. The molecule has 28 heavy (non-hydrogen) atoms. The Balaban J connectivity index is 1.71. The van der Waals surface area contributed by atoms with Gasteiger partial charge in [0.15, 0.2) is 5.13 Å². The van der Waals surface area contributed by atoms with Gasteiger partial charge in [0.25, 0.3) is 0 Å². The number of unbranched alkanes of at least 4 members (excludes halogenated alkanes) is 3. The molecule has 0 unspecified atom stereocenters. The molecule has 3 aromatic rings. The van der Waals surface area contributed by atoms with Gasteiger partial charge in [-0.3, -0.25) is 4.98 Å². The van der Waals surface area contributed by atoms with Gasteiger partial charge in [-0.1, -0.05) is 26.2 Å². The van der Waals surface area contributed by atoms with Crippen molar-refractivity contribution in [1.82, 2.24) is 9.97 Å². The number of hydrogen-bond acceptors (Lipinski definition) is 5. The lowest BCUT2D eigenvalue weighted by Crippen LogP contribution is -2.31. The number of primary amides is 1. The minimum atomic E-state index is -0.583. The topological polar surface area (TPSA) is 81.3 Å². The quantitative estimate of drug-likeness (QED) is 0.492. The number of pyridine rings is 1. The van der Waals surface area contributed by atoms with Gasteiger partial charge in [-0.05, 0) is 42.8 Å². The number of thiazole rings is 1. The van der Waals surface area contributed by atoms with Crippen LogP contribution in [0.5, 0.6) is 5.75 Å². The first-order valence-corrected chi connectivity index (χ1v) is 10.3. The number of benzene rings is 1. The minimum absolute atomic E-state index is 0.514. The molecule has 2 N–H and O–H groups in total. The van der Waals surface area contributed by atoms with Crippen LogP contribution in [0.25, 0.3) is 11.3 Å². The van der Waals surface area contributed by atoms with Crippen LogP contribution in [0.15, 0.2) is 54.2 Å². The number of urea groups is 1. The molecule has 0 saturated carbocycles. The van der Waals surface area contributed by atoms with Crippen LogP contribution in [-0.4, -0.2) is 22.6 Å². The number of carbonyl (C=O) groups excluding carboxylic acids is 1. The van der Waals surface area contributed by atoms with Crippen molar-refractivity contribution >= 4 is 28.2 Å². The average molecular weight is 397 g/mol. The van der Waals surface area contributed by atoms with Crippen molar-refractivity contribution in [3.05, 3.63) is 54.2 Å². The Kier molecular flexibility index (Phi) is 6.97. The predicted molar refractivity (Wildman–Crippen MR) is 113 cm³/mol. The molecule has 0 saturated heterocycles. The molecular weight excluding hydrogens is 372 g/mol. The smallest absolute Gasteiger partial charge is 0.325 e. The van der Waals surface area contributed by atoms with Gasteiger partial charge >= 0.3 is 6.03 Å². The second-order valence-electron chi connectivity index (χ2n) is 6.33. The van der Waals surface area contributed by atoms with Crippen LogP contribution < -0.4 is 15.4 Å². The Bertz CT molecular complexity index is 881. The molecule has 6 nitrogen and oxygen atoms in total. The molecule has 0 fully saturated rings. The third-order valence-corrected chi connectivity index (χ3v) is 5.05. The van der Waals surface area contributed by atoms with Crippen LogP contribution in [0.3, 0.4) is 0 Å². The van der Waals surface area contributed by atoms with Gasteiger partial charge in [-0.2, -0.15) is 0 Å². The van der Waals surface area contributed by atoms with Crippen LogP contribution in [0, 0.1) is 0 Å². The fourth-order valence-electron chi connectivity index (χ4n) is 2.76. The minimum Gasteiger partial charge on any atom is -0.494 e. The summed E-state index contributed by atoms with van der Waals surface area (Å²) in [6, 6.07) is 10.5. The first kappa shape index (κ1) is 19.8. The second-order valence-corrected chi connectivity index (χ2v) is 7.17. The largest absolute Gasteiger partial charge is 0.494 e. The van der Waals surface area contributed by atoms with Crippen molar-refractivity contribution in [2.24, 2.45) is 5.73 Å². The van der Waals surface area contributed by atoms with Crippen molar-refractivity contribution in [2.75, 3.05) is 11.5 Å². The van der Waals surface area contributed by atoms with E-state index in [9.17, 15) is 4.79 Å². The third-order valence-electron chi connectivity index (χ3n) is 4.22. The summed E-state index contributed by atoms with van der Waals surface area (Å²) < 4.78 is 5.76. The molecule has 1 aromatic carbocycles. The van der Waals surface area contributed by atoms with E-state index < -0.39 is 6.03 Å². The molecule has 0 atom stereocenters. The van der Waals surface area contributed by atoms with Crippen LogP contribution in [0.2, 0.25) is 0 Å². The van der Waals surface area contributed by atoms with Crippen molar-refractivity contribution < 1.29 is 9.53 Å². The number of nitrogens with zero attached hydrogens (tertiary/aromatic N) is 3. The van der Waals surface area contributed by atoms with E-state index in [0.29, 0.717) is 17.4 Å². The number of amides is 2. The van der Waals surface area contributed by atoms with Crippen LogP contribution >= 0.6 is 11.3 Å². The van der Waals surface area contributed by atoms with E-state index in [1.807, 2.05) is 41.8 Å². The summed E-state index contributed by atoms with van der Waals surface area (Å²) in [6.45, 7) is 2.88. The normalized spacial score (nSPS) is 10.6. The molecule has 146 valence electrons. The summed E-state index contributed by atoms with van der Waals surface area (Å²) in [7, 11) is 0. The zero-order valence-electron chi connectivity index (χ0n) is 15.9. The standard InChI is InChI=1S/C21H24N4O2S/c1-2-3-4-5-13-27-18-10-8-17(9-11-18)25(20(22)26)21-24-19(15-28-21)16-7-6-12-23-14-16/h6-12,14-15H,2-5,13H2,1H3,(H2,22,26). The summed E-state index contributed by atoms with van der Waals surface area (Å²) in [4.78, 5) is 22.1. The molecule has 0 spiro atoms. The Morgan fingerprint density at radius 2 is 2.00 bits per heavy atom. The number of aromatic nitrogens is 2. The van der Waals surface area contributed by atoms with Gasteiger partial charge in [-0.15, -0.1) is 11.3 Å². The maximum absolute atomic E-state index is 12.1. The molecular formula is C21H24N4O2S. The van der Waals surface area contributed by atoms with E-state index in [2.05, 4.69) is 16.9 Å². The summed E-state index contributed by atoms with van der Waals surface area (Å²) in [6.07, 6.45) is 8.09. The monoisotopic (exact) mass is 396 g/mol. The highest BCUT2D eigenvalue weighted by atomic mass is 32.1. The first-order valence-electron chi connectivity index (χ1n) is 9.37. The molecule has 0 aliphatic carbocycles. The SMILES string of the molecule is CCCCCCOc1ccc(N(C(N)=O)c2nc(-c3cccnc3)cs2)cc1. The van der Waals surface area contributed by atoms with E-state index in [0.717, 1.165) is 23.4 Å². The highest BCUT2D eigenvalue weighted by Crippen LogP contribution is 2.32. The van der Waals surface area contributed by atoms with Crippen LogP contribution in [0.4, 0.5) is 15.6 Å². The number of ether oxygens (including phenoxy) is 1. The highest BCUT2D eigenvalue weighted by molar-refractivity contribution is 7.14. The van der Waals surface area contributed by atoms with Crippen LogP contribution in [0.1, 0.15) is 32.6 Å². The van der Waals surface area contributed by atoms with Crippen LogP contribution in [-0.2, 0) is 0 Å². The summed E-state index contributed by atoms with van der Waals surface area (Å²) in [5, 5.41) is 2.40. The molecule has 7 heteroatoms. The maximum Gasteiger partial charge on any atom is 0.325 e. The maximum atomic E-state index is 12.1. The fraction of sp³-hybridized carbons (Fsp3) is 0.286. The zero-order chi connectivity index (χ0) is 19.8. The average Bonchev–Trinajstić information content (AvgIpc) is 3.19. The van der Waals surface area contributed by atoms with Crippen molar-refractivity contribution in [1.29, 1.82) is 0 Å². The van der Waals surface area contributed by atoms with E-state index in [1.165, 1.54) is 35.5 Å². The Morgan fingerprint density at radius 3 is 2.68 bits per heavy atom. The van der Waals surface area contributed by atoms with E-state index in [-0.39, 0.29) is 0 Å². The van der Waals surface area contributed by atoms with E-state index in [1.54, 1.807) is 12.4 Å². The van der Waals surface area contributed by atoms with E-state index >= 15 is 0 Å². The second kappa shape index (κ2) is 9.85. The zero-order valence-corrected chi connectivity index (χ0v) is 16.7. The molecule has 0 bridgehead atoms. The lowest BCUT2D eigenvalue weighted by atomic mass is 10.2. The van der Waals surface area contributed by atoms with Gasteiger partial charge in [0.1, 0.15) is 5.75 Å². The van der Waals surface area contributed by atoms with Gasteiger partial charge in [0.05, 0.1) is 18.0 Å². The molecule has 3 rings (SSSR count). The first-order chi connectivity index (χ1) is 13.7. The Hall–Kier alpha value is -2.93. The number of anilines is 2. The Labute approximate surface area is 169 Å². The molecule has 0 radical (unpaired) electrons. The fourth-order valence-corrected chi connectivity index (χ4v) is 3.61. The number of hydrogen-bond donors (Lipinski definition) is 1. The third kappa shape index (κ3) is 5.07. The summed E-state index contributed by atoms with van der Waals surface area (Å²) in [5.41, 5.74) is 7.92. The van der Waals surface area contributed by atoms with Crippen molar-refractivity contribution in [3.8, 4) is 17.0 Å². The Morgan fingerprint density at radius 1 is 1.18 bits per heavy atom. The van der Waals surface area contributed by atoms with Crippen molar-refractivity contribution in [2.45, 2.75) is 32.6 Å². The predicted octanol–water partition coefficient (Wildman–Crippen LogP) is 5.38. The molecule has 2 aromatic heterocycles. The summed E-state index contributed by atoms with van der Waals surface area (Å²) in [5.74, 6) is 0.778. The number of carbonyl (C=O) groups is 1. The van der Waals surface area contributed by atoms with Crippen molar-refractivity contribution in [3.63, 3.8) is 0 Å². The summed E-state index contributed by atoms with van der Waals surface area (Å²) >= 11 is 1.36. The van der Waals surface area contributed by atoms with Gasteiger partial charge in [0.2, 0.25) is 0 Å². The number of rotatable bonds is 9. The lowest BCUT2D eigenvalue weighted by Gasteiger charge is -2.17. The van der Waals surface area contributed by atoms with E-state index in [4.69, 9.17) is 10.5 Å². The molecule has 2 heterocycles. The molecule has 2 amide bonds. The van der Waals surface area contributed by atoms with Gasteiger partial charge < -0.3 is 10.5 Å². The van der Waals surface area contributed by atoms with Gasteiger partial charge in [-0.25, -0.2) is 14.7 Å².